The predicted molar refractivity (Wildman–Crippen MR) is 74.5 cm³/mol. The van der Waals surface area contributed by atoms with Gasteiger partial charge in [0.1, 0.15) is 5.52 Å². The van der Waals surface area contributed by atoms with E-state index in [-0.39, 0.29) is 0 Å². The maximum atomic E-state index is 4.64. The van der Waals surface area contributed by atoms with E-state index in [2.05, 4.69) is 26.4 Å². The Morgan fingerprint density at radius 1 is 1.37 bits per heavy atom. The summed E-state index contributed by atoms with van der Waals surface area (Å²) in [6.07, 6.45) is 6.40. The molecule has 2 saturated heterocycles. The van der Waals surface area contributed by atoms with Gasteiger partial charge in [-0.05, 0) is 31.7 Å². The number of nitrogens with zero attached hydrogens (tertiary/aromatic N) is 4. The maximum Gasteiger partial charge on any atom is 0.154 e. The van der Waals surface area contributed by atoms with Gasteiger partial charge in [-0.15, -0.1) is 0 Å². The van der Waals surface area contributed by atoms with E-state index in [1.807, 2.05) is 23.8 Å². The van der Waals surface area contributed by atoms with Gasteiger partial charge in [-0.25, -0.2) is 9.50 Å². The first-order chi connectivity index (χ1) is 9.33. The molecule has 0 aromatic carbocycles. The Morgan fingerprint density at radius 2 is 2.32 bits per heavy atom. The molecule has 5 nitrogen and oxygen atoms in total. The molecule has 2 aliphatic heterocycles. The van der Waals surface area contributed by atoms with Crippen LogP contribution >= 0.6 is 0 Å². The fourth-order valence-corrected chi connectivity index (χ4v) is 3.58. The molecule has 0 amide bonds. The van der Waals surface area contributed by atoms with Crippen molar-refractivity contribution in [2.24, 2.45) is 5.92 Å². The van der Waals surface area contributed by atoms with Crippen LogP contribution in [0, 0.1) is 12.8 Å². The van der Waals surface area contributed by atoms with Gasteiger partial charge in [0.2, 0.25) is 0 Å². The third-order valence-electron chi connectivity index (χ3n) is 4.44. The highest BCUT2D eigenvalue weighted by molar-refractivity contribution is 5.69. The van der Waals surface area contributed by atoms with Crippen molar-refractivity contribution in [3.05, 3.63) is 24.2 Å². The third kappa shape index (κ3) is 1.72. The van der Waals surface area contributed by atoms with Gasteiger partial charge >= 0.3 is 0 Å². The van der Waals surface area contributed by atoms with Crippen molar-refractivity contribution in [2.45, 2.75) is 25.8 Å². The summed E-state index contributed by atoms with van der Waals surface area (Å²) in [5, 5.41) is 8.01. The molecule has 2 unspecified atom stereocenters. The Hall–Kier alpha value is -1.62. The summed E-state index contributed by atoms with van der Waals surface area (Å²) in [7, 11) is 0. The average Bonchev–Trinajstić information content (AvgIpc) is 3.02. The summed E-state index contributed by atoms with van der Waals surface area (Å²) in [5.41, 5.74) is 2.18. The van der Waals surface area contributed by atoms with E-state index < -0.39 is 0 Å². The van der Waals surface area contributed by atoms with E-state index in [1.54, 1.807) is 0 Å². The molecule has 0 saturated carbocycles. The second-order valence-corrected chi connectivity index (χ2v) is 5.69. The van der Waals surface area contributed by atoms with Crippen molar-refractivity contribution in [1.82, 2.24) is 19.9 Å². The second kappa shape index (κ2) is 4.20. The number of aryl methyl sites for hydroxylation is 1. The summed E-state index contributed by atoms with van der Waals surface area (Å²) >= 11 is 0. The van der Waals surface area contributed by atoms with Gasteiger partial charge in [-0.1, -0.05) is 0 Å². The molecule has 0 aliphatic carbocycles. The largest absolute Gasteiger partial charge is 0.350 e. The van der Waals surface area contributed by atoms with Crippen LogP contribution in [-0.4, -0.2) is 40.3 Å². The Balaban J connectivity index is 1.80. The first-order valence-corrected chi connectivity index (χ1v) is 7.11. The molecule has 2 atom stereocenters. The normalized spacial score (nSPS) is 26.9. The van der Waals surface area contributed by atoms with E-state index in [9.17, 15) is 0 Å². The number of hydrogen-bond donors (Lipinski definition) is 1. The molecule has 0 bridgehead atoms. The van der Waals surface area contributed by atoms with Crippen LogP contribution in [0.5, 0.6) is 0 Å². The average molecular weight is 257 g/mol. The Bertz CT molecular complexity index is 605. The van der Waals surface area contributed by atoms with Gasteiger partial charge in [-0.2, -0.15) is 5.10 Å². The molecule has 2 aliphatic rings. The summed E-state index contributed by atoms with van der Waals surface area (Å²) in [5.74, 6) is 1.88. The van der Waals surface area contributed by atoms with Crippen LogP contribution in [0.2, 0.25) is 0 Å². The smallest absolute Gasteiger partial charge is 0.154 e. The van der Waals surface area contributed by atoms with Crippen molar-refractivity contribution >= 4 is 11.3 Å². The lowest BCUT2D eigenvalue weighted by molar-refractivity contribution is 0.383. The van der Waals surface area contributed by atoms with E-state index in [4.69, 9.17) is 0 Å². The van der Waals surface area contributed by atoms with Crippen molar-refractivity contribution < 1.29 is 0 Å². The molecule has 0 radical (unpaired) electrons. The summed E-state index contributed by atoms with van der Waals surface area (Å²) in [4.78, 5) is 7.13. The van der Waals surface area contributed by atoms with Crippen LogP contribution in [0.25, 0.3) is 5.52 Å². The highest BCUT2D eigenvalue weighted by Crippen LogP contribution is 2.31. The maximum absolute atomic E-state index is 4.64. The highest BCUT2D eigenvalue weighted by atomic mass is 15.3. The SMILES string of the molecule is Cc1cc2c(N3CCCC4CNCC43)nccn2n1. The van der Waals surface area contributed by atoms with Crippen molar-refractivity contribution in [3.63, 3.8) is 0 Å². The fourth-order valence-electron chi connectivity index (χ4n) is 3.58. The lowest BCUT2D eigenvalue weighted by Crippen LogP contribution is -2.45. The Kier molecular flexibility index (Phi) is 2.48. The monoisotopic (exact) mass is 257 g/mol. The zero-order valence-corrected chi connectivity index (χ0v) is 11.2. The molecule has 2 aromatic rings. The van der Waals surface area contributed by atoms with Gasteiger partial charge in [0.25, 0.3) is 0 Å². The van der Waals surface area contributed by atoms with Gasteiger partial charge < -0.3 is 10.2 Å². The molecule has 100 valence electrons. The van der Waals surface area contributed by atoms with Crippen LogP contribution in [0.1, 0.15) is 18.5 Å². The number of anilines is 1. The quantitative estimate of drug-likeness (QED) is 0.834. The fraction of sp³-hybridized carbons (Fsp3) is 0.571. The molecule has 2 fully saturated rings. The lowest BCUT2D eigenvalue weighted by Gasteiger charge is -2.38. The zero-order valence-electron chi connectivity index (χ0n) is 11.2. The highest BCUT2D eigenvalue weighted by Gasteiger charge is 2.36. The van der Waals surface area contributed by atoms with Gasteiger partial charge in [0.15, 0.2) is 5.82 Å². The predicted octanol–water partition coefficient (Wildman–Crippen LogP) is 1.23. The van der Waals surface area contributed by atoms with Gasteiger partial charge in [0, 0.05) is 38.1 Å². The van der Waals surface area contributed by atoms with Gasteiger partial charge in [-0.3, -0.25) is 0 Å². The van der Waals surface area contributed by atoms with Crippen LogP contribution in [0.4, 0.5) is 5.82 Å². The molecule has 4 rings (SSSR count). The minimum absolute atomic E-state index is 0.600. The number of fused-ring (bicyclic) bond motifs is 2. The van der Waals surface area contributed by atoms with Crippen LogP contribution < -0.4 is 10.2 Å². The van der Waals surface area contributed by atoms with Crippen LogP contribution in [0.15, 0.2) is 18.5 Å². The number of hydrogen-bond acceptors (Lipinski definition) is 4. The molecule has 5 heteroatoms. The number of aromatic nitrogens is 3. The third-order valence-corrected chi connectivity index (χ3v) is 4.44. The van der Waals surface area contributed by atoms with E-state index in [0.717, 1.165) is 42.6 Å². The summed E-state index contributed by atoms with van der Waals surface area (Å²) < 4.78 is 1.95. The topological polar surface area (TPSA) is 45.5 Å². The number of nitrogens with one attached hydrogen (secondary N) is 1. The van der Waals surface area contributed by atoms with Crippen molar-refractivity contribution in [3.8, 4) is 0 Å². The summed E-state index contributed by atoms with van der Waals surface area (Å²) in [6, 6.07) is 2.73. The standard InChI is InChI=1S/C14H19N5/c1-10-7-12-14(16-4-6-19(12)17-10)18-5-2-3-11-8-15-9-13(11)18/h4,6-7,11,13,15H,2-3,5,8-9H2,1H3. The van der Waals surface area contributed by atoms with Crippen LogP contribution in [0.3, 0.4) is 0 Å². The number of rotatable bonds is 1. The second-order valence-electron chi connectivity index (χ2n) is 5.69. The Morgan fingerprint density at radius 3 is 3.26 bits per heavy atom. The molecular formula is C14H19N5. The molecule has 2 aromatic heterocycles. The zero-order chi connectivity index (χ0) is 12.8. The lowest BCUT2D eigenvalue weighted by atomic mass is 9.92. The van der Waals surface area contributed by atoms with E-state index in [0.29, 0.717) is 6.04 Å². The Labute approximate surface area is 112 Å². The van der Waals surface area contributed by atoms with E-state index in [1.165, 1.54) is 12.8 Å². The number of piperidine rings is 1. The minimum Gasteiger partial charge on any atom is -0.350 e. The van der Waals surface area contributed by atoms with Gasteiger partial charge in [0.05, 0.1) is 5.69 Å². The minimum atomic E-state index is 0.600. The molecule has 1 N–H and O–H groups in total. The molecular weight excluding hydrogens is 238 g/mol. The van der Waals surface area contributed by atoms with Crippen LogP contribution in [-0.2, 0) is 0 Å². The first-order valence-electron chi connectivity index (χ1n) is 7.11. The summed E-state index contributed by atoms with van der Waals surface area (Å²) in [6.45, 7) is 5.38. The van der Waals surface area contributed by atoms with E-state index >= 15 is 0 Å². The molecule has 19 heavy (non-hydrogen) atoms. The van der Waals surface area contributed by atoms with Crippen molar-refractivity contribution in [2.75, 3.05) is 24.5 Å². The molecule has 4 heterocycles. The van der Waals surface area contributed by atoms with Crippen molar-refractivity contribution in [1.29, 1.82) is 0 Å². The molecule has 0 spiro atoms. The first kappa shape index (κ1) is 11.2.